The van der Waals surface area contributed by atoms with E-state index < -0.39 is 11.9 Å². The Morgan fingerprint density at radius 3 is 2.06 bits per heavy atom. The van der Waals surface area contributed by atoms with Crippen LogP contribution in [0.4, 0.5) is 0 Å². The average molecular weight is 453 g/mol. The zero-order valence-corrected chi connectivity index (χ0v) is 19.3. The molecule has 2 aromatic rings. The second kappa shape index (κ2) is 13.8. The van der Waals surface area contributed by atoms with E-state index in [0.29, 0.717) is 24.3 Å². The summed E-state index contributed by atoms with van der Waals surface area (Å²) in [5.41, 5.74) is 1.69. The minimum Gasteiger partial charge on any atom is -0.497 e. The predicted molar refractivity (Wildman–Crippen MR) is 128 cm³/mol. The lowest BCUT2D eigenvalue weighted by molar-refractivity contribution is -0.133. The zero-order valence-electron chi connectivity index (χ0n) is 19.3. The summed E-state index contributed by atoms with van der Waals surface area (Å²) in [6.45, 7) is 2.51. The number of ether oxygens (including phenoxy) is 2. The van der Waals surface area contributed by atoms with Gasteiger partial charge in [-0.2, -0.15) is 0 Å². The largest absolute Gasteiger partial charge is 0.497 e. The number of carboxylic acid groups (broad SMARTS) is 2. The highest BCUT2D eigenvalue weighted by Gasteiger charge is 2.12. The Morgan fingerprint density at radius 2 is 1.48 bits per heavy atom. The van der Waals surface area contributed by atoms with Crippen LogP contribution in [0.15, 0.2) is 65.8 Å². The van der Waals surface area contributed by atoms with E-state index in [1.165, 1.54) is 12.2 Å². The third kappa shape index (κ3) is 9.23. The molecule has 0 bridgehead atoms. The van der Waals surface area contributed by atoms with Gasteiger partial charge in [0.25, 0.3) is 0 Å². The van der Waals surface area contributed by atoms with Crippen LogP contribution in [-0.4, -0.2) is 29.3 Å². The van der Waals surface area contributed by atoms with Crippen LogP contribution in [0.5, 0.6) is 11.5 Å². The Labute approximate surface area is 195 Å². The van der Waals surface area contributed by atoms with Gasteiger partial charge in [0, 0.05) is 5.57 Å². The van der Waals surface area contributed by atoms with Crippen LogP contribution in [0, 0.1) is 0 Å². The Hall–Kier alpha value is -3.54. The Bertz CT molecular complexity index is 955. The molecule has 2 aromatic carbocycles. The van der Waals surface area contributed by atoms with Crippen molar-refractivity contribution in [2.24, 2.45) is 0 Å². The summed E-state index contributed by atoms with van der Waals surface area (Å²) in [4.78, 5) is 23.3. The van der Waals surface area contributed by atoms with Crippen molar-refractivity contribution in [3.8, 4) is 11.5 Å². The number of hydrogen-bond donors (Lipinski definition) is 2. The lowest BCUT2D eigenvalue weighted by Crippen LogP contribution is -2.05. The van der Waals surface area contributed by atoms with E-state index in [9.17, 15) is 19.8 Å². The van der Waals surface area contributed by atoms with Gasteiger partial charge in [-0.1, -0.05) is 56.9 Å². The third-order valence-electron chi connectivity index (χ3n) is 5.17. The summed E-state index contributed by atoms with van der Waals surface area (Å²) in [5.74, 6) is -0.825. The number of rotatable bonds is 14. The number of hydrogen-bond acceptors (Lipinski definition) is 4. The molecule has 0 heterocycles. The van der Waals surface area contributed by atoms with Crippen molar-refractivity contribution in [3.05, 3.63) is 76.9 Å². The molecule has 0 aliphatic heterocycles. The molecule has 0 amide bonds. The molecule has 2 N–H and O–H groups in total. The van der Waals surface area contributed by atoms with Crippen molar-refractivity contribution < 1.29 is 29.3 Å². The van der Waals surface area contributed by atoms with Gasteiger partial charge in [0.1, 0.15) is 18.1 Å². The average Bonchev–Trinajstić information content (AvgIpc) is 2.82. The van der Waals surface area contributed by atoms with Crippen molar-refractivity contribution >= 4 is 18.0 Å². The smallest absolute Gasteiger partial charge is 0.335 e. The lowest BCUT2D eigenvalue weighted by atomic mass is 10.0. The summed E-state index contributed by atoms with van der Waals surface area (Å²) in [7, 11) is 1.62. The van der Waals surface area contributed by atoms with E-state index in [0.717, 1.165) is 43.4 Å². The van der Waals surface area contributed by atoms with Gasteiger partial charge < -0.3 is 19.7 Å². The van der Waals surface area contributed by atoms with Crippen LogP contribution in [0.2, 0.25) is 0 Å². The number of benzene rings is 2. The van der Waals surface area contributed by atoms with Gasteiger partial charge >= 0.3 is 11.9 Å². The lowest BCUT2D eigenvalue weighted by Gasteiger charge is -2.08. The molecule has 0 aromatic heterocycles. The van der Waals surface area contributed by atoms with Crippen molar-refractivity contribution in [1.82, 2.24) is 0 Å². The van der Waals surface area contributed by atoms with Crippen molar-refractivity contribution in [2.75, 3.05) is 7.11 Å². The van der Waals surface area contributed by atoms with Crippen LogP contribution in [-0.2, 0) is 16.2 Å². The van der Waals surface area contributed by atoms with Gasteiger partial charge in [-0.3, -0.25) is 0 Å². The summed E-state index contributed by atoms with van der Waals surface area (Å²) in [5, 5.41) is 19.0. The number of aliphatic carboxylic acids is 2. The minimum atomic E-state index is -1.17. The van der Waals surface area contributed by atoms with E-state index in [1.54, 1.807) is 31.4 Å². The van der Waals surface area contributed by atoms with Gasteiger partial charge in [-0.15, -0.1) is 0 Å². The first kappa shape index (κ1) is 25.7. The van der Waals surface area contributed by atoms with Crippen LogP contribution >= 0.6 is 0 Å². The number of unbranched alkanes of at least 4 members (excludes halogenated alkanes) is 4. The van der Waals surface area contributed by atoms with Crippen molar-refractivity contribution in [2.45, 2.75) is 52.1 Å². The van der Waals surface area contributed by atoms with Crippen LogP contribution in [0.1, 0.15) is 56.6 Å². The Morgan fingerprint density at radius 1 is 0.848 bits per heavy atom. The number of methoxy groups -OCH3 is 1. The highest BCUT2D eigenvalue weighted by molar-refractivity contribution is 5.98. The molecule has 0 radical (unpaired) electrons. The highest BCUT2D eigenvalue weighted by atomic mass is 16.5. The molecule has 6 nitrogen and oxygen atoms in total. The second-order valence-corrected chi connectivity index (χ2v) is 7.75. The molecular weight excluding hydrogens is 420 g/mol. The van der Waals surface area contributed by atoms with Gasteiger partial charge in [-0.05, 0) is 60.4 Å². The highest BCUT2D eigenvalue weighted by Crippen LogP contribution is 2.20. The van der Waals surface area contributed by atoms with E-state index >= 15 is 0 Å². The van der Waals surface area contributed by atoms with E-state index in [-0.39, 0.29) is 11.1 Å². The summed E-state index contributed by atoms with van der Waals surface area (Å²) in [6, 6.07) is 14.6. The first-order chi connectivity index (χ1) is 15.9. The van der Waals surface area contributed by atoms with Crippen LogP contribution in [0.3, 0.4) is 0 Å². The first-order valence-corrected chi connectivity index (χ1v) is 11.2. The zero-order chi connectivity index (χ0) is 24.1. The molecular formula is C27H32O6. The number of carboxylic acids is 2. The minimum absolute atomic E-state index is 0.0622. The summed E-state index contributed by atoms with van der Waals surface area (Å²) < 4.78 is 10.9. The molecule has 0 aliphatic rings. The second-order valence-electron chi connectivity index (χ2n) is 7.75. The topological polar surface area (TPSA) is 93.1 Å². The van der Waals surface area contributed by atoms with E-state index in [2.05, 4.69) is 6.92 Å². The molecule has 0 fully saturated rings. The molecule has 33 heavy (non-hydrogen) atoms. The normalized spacial score (nSPS) is 11.8. The fourth-order valence-electron chi connectivity index (χ4n) is 3.24. The number of carbonyl (C=O) groups is 2. The van der Waals surface area contributed by atoms with Crippen LogP contribution in [0.25, 0.3) is 6.08 Å². The molecule has 2 rings (SSSR count). The Kier molecular flexibility index (Phi) is 10.7. The van der Waals surface area contributed by atoms with Gasteiger partial charge in [0.15, 0.2) is 0 Å². The predicted octanol–water partition coefficient (Wildman–Crippen LogP) is 6.11. The Balaban J connectivity index is 2.04. The molecule has 0 atom stereocenters. The van der Waals surface area contributed by atoms with Gasteiger partial charge in [0.2, 0.25) is 0 Å². The van der Waals surface area contributed by atoms with E-state index in [4.69, 9.17) is 9.47 Å². The maximum atomic E-state index is 11.7. The van der Waals surface area contributed by atoms with Gasteiger partial charge in [0.05, 0.1) is 12.7 Å². The first-order valence-electron chi connectivity index (χ1n) is 11.2. The quantitative estimate of drug-likeness (QED) is 0.204. The van der Waals surface area contributed by atoms with Gasteiger partial charge in [-0.25, -0.2) is 9.59 Å². The van der Waals surface area contributed by atoms with Crippen molar-refractivity contribution in [3.63, 3.8) is 0 Å². The molecule has 0 saturated heterocycles. The summed E-state index contributed by atoms with van der Waals surface area (Å²) in [6.07, 6.45) is 8.02. The van der Waals surface area contributed by atoms with Crippen molar-refractivity contribution in [1.29, 1.82) is 0 Å². The molecule has 0 saturated carbocycles. The van der Waals surface area contributed by atoms with Crippen LogP contribution < -0.4 is 9.47 Å². The standard InChI is InChI=1S/C27H32O6/c1-3-4-5-6-7-8-22(26(28)29)18-23(27(30)31)17-20-9-15-25(16-10-20)33-19-21-11-13-24(32-2)14-12-21/h9-18H,3-8,19H2,1-2H3,(H,28,29)(H,30,31). The molecule has 6 heteroatoms. The maximum absolute atomic E-state index is 11.7. The molecule has 176 valence electrons. The fraction of sp³-hybridized carbons (Fsp3) is 0.333. The SMILES string of the molecule is CCCCCCCC(=CC(=Cc1ccc(OCc2ccc(OC)cc2)cc1)C(=O)O)C(=O)O. The maximum Gasteiger partial charge on any atom is 0.335 e. The van der Waals surface area contributed by atoms with E-state index in [1.807, 2.05) is 24.3 Å². The monoisotopic (exact) mass is 452 g/mol. The fourth-order valence-corrected chi connectivity index (χ4v) is 3.24. The molecule has 0 unspecified atom stereocenters. The third-order valence-corrected chi connectivity index (χ3v) is 5.17. The molecule has 0 aliphatic carbocycles. The summed E-state index contributed by atoms with van der Waals surface area (Å²) >= 11 is 0. The molecule has 0 spiro atoms.